The third-order valence-corrected chi connectivity index (χ3v) is 8.12. The van der Waals surface area contributed by atoms with Gasteiger partial charge in [0.1, 0.15) is 5.82 Å². The molecule has 1 aromatic rings. The van der Waals surface area contributed by atoms with Crippen LogP contribution < -0.4 is 5.32 Å². The fraction of sp³-hybridized carbons (Fsp3) is 0.571. The highest BCUT2D eigenvalue weighted by molar-refractivity contribution is 7.96. The van der Waals surface area contributed by atoms with Gasteiger partial charge in [-0.05, 0) is 37.6 Å². The summed E-state index contributed by atoms with van der Waals surface area (Å²) in [4.78, 5) is -0.0491. The fourth-order valence-electron chi connectivity index (χ4n) is 2.56. The van der Waals surface area contributed by atoms with E-state index in [0.717, 1.165) is 18.6 Å². The molecular weight excluding hydrogens is 329 g/mol. The van der Waals surface area contributed by atoms with Gasteiger partial charge in [-0.3, -0.25) is 0 Å². The summed E-state index contributed by atoms with van der Waals surface area (Å²) in [5.74, 6) is -1.13. The first kappa shape index (κ1) is 17.4. The molecule has 8 heteroatoms. The van der Waals surface area contributed by atoms with Gasteiger partial charge in [-0.1, -0.05) is 6.92 Å². The Morgan fingerprint density at radius 1 is 1.27 bits per heavy atom. The van der Waals surface area contributed by atoms with Crippen molar-refractivity contribution in [1.82, 2.24) is 5.32 Å². The second-order valence-corrected chi connectivity index (χ2v) is 10.0. The quantitative estimate of drug-likeness (QED) is 0.807. The highest BCUT2D eigenvalue weighted by Crippen LogP contribution is 2.26. The van der Waals surface area contributed by atoms with Gasteiger partial charge in [-0.25, -0.2) is 21.2 Å². The van der Waals surface area contributed by atoms with Crippen LogP contribution in [0.5, 0.6) is 0 Å². The largest absolute Gasteiger partial charge is 0.309 e. The minimum Gasteiger partial charge on any atom is -0.309 e. The van der Waals surface area contributed by atoms with Crippen LogP contribution in [0.4, 0.5) is 4.39 Å². The molecule has 0 amide bonds. The van der Waals surface area contributed by atoms with Crippen molar-refractivity contribution >= 4 is 19.7 Å². The van der Waals surface area contributed by atoms with Gasteiger partial charge in [0.2, 0.25) is 0 Å². The van der Waals surface area contributed by atoms with E-state index in [4.69, 9.17) is 0 Å². The summed E-state index contributed by atoms with van der Waals surface area (Å²) in [6, 6.07) is 3.85. The highest BCUT2D eigenvalue weighted by atomic mass is 32.2. The normalized spacial score (nSPS) is 26.0. The molecule has 1 unspecified atom stereocenters. The molecule has 5 nitrogen and oxygen atoms in total. The van der Waals surface area contributed by atoms with Crippen molar-refractivity contribution in [1.29, 1.82) is 0 Å². The summed E-state index contributed by atoms with van der Waals surface area (Å²) >= 11 is 0. The zero-order valence-electron chi connectivity index (χ0n) is 12.5. The standard InChI is InChI=1S/C14H20FNO4S2/c1-3-10(2)16-13-8-21(17,18)9-14(13)22(19,20)12-6-4-11(15)5-7-12/h4-7,10,13-14,16H,3,8-9H2,1-2H3/t10?,13-,14-/m0/s1. The van der Waals surface area contributed by atoms with Crippen LogP contribution in [0.1, 0.15) is 20.3 Å². The second kappa shape index (κ2) is 6.25. The summed E-state index contributed by atoms with van der Waals surface area (Å²) in [6.07, 6.45) is 0.764. The van der Waals surface area contributed by atoms with Crippen molar-refractivity contribution in [2.75, 3.05) is 11.5 Å². The van der Waals surface area contributed by atoms with Gasteiger partial charge in [-0.2, -0.15) is 0 Å². The molecule has 0 aliphatic carbocycles. The van der Waals surface area contributed by atoms with Crippen LogP contribution in [0.25, 0.3) is 0 Å². The Morgan fingerprint density at radius 3 is 2.41 bits per heavy atom. The van der Waals surface area contributed by atoms with Crippen LogP contribution in [0.15, 0.2) is 29.2 Å². The Kier molecular flexibility index (Phi) is 4.93. The second-order valence-electron chi connectivity index (χ2n) is 5.70. The Balaban J connectivity index is 2.36. The van der Waals surface area contributed by atoms with E-state index >= 15 is 0 Å². The topological polar surface area (TPSA) is 80.3 Å². The van der Waals surface area contributed by atoms with Crippen LogP contribution in [0, 0.1) is 5.82 Å². The lowest BCUT2D eigenvalue weighted by molar-refractivity contribution is 0.456. The maximum absolute atomic E-state index is 13.0. The van der Waals surface area contributed by atoms with Crippen LogP contribution in [-0.4, -0.2) is 45.7 Å². The summed E-state index contributed by atoms with van der Waals surface area (Å²) in [5.41, 5.74) is 0. The smallest absolute Gasteiger partial charge is 0.183 e. The maximum atomic E-state index is 13.0. The van der Waals surface area contributed by atoms with Crippen LogP contribution in [0.3, 0.4) is 0 Å². The van der Waals surface area contributed by atoms with E-state index in [1.54, 1.807) is 0 Å². The van der Waals surface area contributed by atoms with Crippen molar-refractivity contribution in [3.8, 4) is 0 Å². The van der Waals surface area contributed by atoms with Gasteiger partial charge in [0.15, 0.2) is 19.7 Å². The number of hydrogen-bond acceptors (Lipinski definition) is 5. The molecule has 0 aromatic heterocycles. The molecule has 0 saturated carbocycles. The van der Waals surface area contributed by atoms with Gasteiger partial charge < -0.3 is 5.32 Å². The summed E-state index contributed by atoms with van der Waals surface area (Å²) in [7, 11) is -7.25. The lowest BCUT2D eigenvalue weighted by Crippen LogP contribution is -2.46. The zero-order chi connectivity index (χ0) is 16.5. The average molecular weight is 349 g/mol. The van der Waals surface area contributed by atoms with Crippen molar-refractivity contribution in [3.63, 3.8) is 0 Å². The molecule has 1 heterocycles. The van der Waals surface area contributed by atoms with E-state index in [0.29, 0.717) is 0 Å². The minimum atomic E-state index is -3.84. The molecule has 0 bridgehead atoms. The molecule has 22 heavy (non-hydrogen) atoms. The predicted molar refractivity (Wildman–Crippen MR) is 82.7 cm³/mol. The van der Waals surface area contributed by atoms with Crippen molar-refractivity contribution < 1.29 is 21.2 Å². The molecule has 2 rings (SSSR count). The Bertz CT molecular complexity index is 729. The maximum Gasteiger partial charge on any atom is 0.183 e. The molecule has 1 aliphatic heterocycles. The molecule has 1 fully saturated rings. The molecule has 1 N–H and O–H groups in total. The fourth-order valence-corrected chi connectivity index (χ4v) is 7.24. The Labute approximate surface area is 130 Å². The van der Waals surface area contributed by atoms with Crippen LogP contribution >= 0.6 is 0 Å². The van der Waals surface area contributed by atoms with Crippen molar-refractivity contribution in [3.05, 3.63) is 30.1 Å². The van der Waals surface area contributed by atoms with Crippen molar-refractivity contribution in [2.45, 2.75) is 42.5 Å². The van der Waals surface area contributed by atoms with Gasteiger partial charge >= 0.3 is 0 Å². The van der Waals surface area contributed by atoms with Gasteiger partial charge in [0, 0.05) is 12.1 Å². The van der Waals surface area contributed by atoms with E-state index in [9.17, 15) is 21.2 Å². The number of hydrogen-bond donors (Lipinski definition) is 1. The van der Waals surface area contributed by atoms with Crippen molar-refractivity contribution in [2.24, 2.45) is 0 Å². The monoisotopic (exact) mass is 349 g/mol. The third kappa shape index (κ3) is 3.67. The third-order valence-electron chi connectivity index (χ3n) is 3.95. The summed E-state index contributed by atoms with van der Waals surface area (Å²) in [5, 5.41) is 2.04. The molecule has 1 saturated heterocycles. The number of benzene rings is 1. The first-order valence-electron chi connectivity index (χ1n) is 7.11. The number of sulfone groups is 2. The SMILES string of the molecule is CCC(C)N[C@H]1CS(=O)(=O)C[C@@H]1S(=O)(=O)c1ccc(F)cc1. The predicted octanol–water partition coefficient (Wildman–Crippen LogP) is 1.15. The van der Waals surface area contributed by atoms with E-state index in [-0.39, 0.29) is 16.7 Å². The van der Waals surface area contributed by atoms with E-state index in [1.165, 1.54) is 12.1 Å². The van der Waals surface area contributed by atoms with E-state index in [2.05, 4.69) is 5.32 Å². The van der Waals surface area contributed by atoms with E-state index < -0.39 is 42.5 Å². The van der Waals surface area contributed by atoms with Crippen LogP contribution in [-0.2, 0) is 19.7 Å². The summed E-state index contributed by atoms with van der Waals surface area (Å²) in [6.45, 7) is 3.82. The van der Waals surface area contributed by atoms with Gasteiger partial charge in [0.05, 0.1) is 21.7 Å². The first-order valence-corrected chi connectivity index (χ1v) is 10.5. The van der Waals surface area contributed by atoms with E-state index in [1.807, 2.05) is 13.8 Å². The number of nitrogens with one attached hydrogen (secondary N) is 1. The number of rotatable bonds is 5. The van der Waals surface area contributed by atoms with Gasteiger partial charge in [0.25, 0.3) is 0 Å². The minimum absolute atomic E-state index is 0.0178. The average Bonchev–Trinajstić information content (AvgIpc) is 2.74. The first-order chi connectivity index (χ1) is 10.2. The Hall–Kier alpha value is -0.990. The zero-order valence-corrected chi connectivity index (χ0v) is 14.1. The summed E-state index contributed by atoms with van der Waals surface area (Å²) < 4.78 is 62.1. The molecule has 1 aromatic carbocycles. The molecular formula is C14H20FNO4S2. The van der Waals surface area contributed by atoms with Crippen LogP contribution in [0.2, 0.25) is 0 Å². The lowest BCUT2D eigenvalue weighted by Gasteiger charge is -2.23. The van der Waals surface area contributed by atoms with Gasteiger partial charge in [-0.15, -0.1) is 0 Å². The molecule has 0 spiro atoms. The molecule has 0 radical (unpaired) electrons. The highest BCUT2D eigenvalue weighted by Gasteiger charge is 2.45. The molecule has 124 valence electrons. The lowest BCUT2D eigenvalue weighted by atomic mass is 10.2. The molecule has 1 aliphatic rings. The molecule has 3 atom stereocenters. The Morgan fingerprint density at radius 2 is 1.86 bits per heavy atom. The number of halogens is 1.